The van der Waals surface area contributed by atoms with Gasteiger partial charge in [0.15, 0.2) is 5.69 Å². The highest BCUT2D eigenvalue weighted by Crippen LogP contribution is 2.15. The number of carbonyl (C=O) groups is 1. The van der Waals surface area contributed by atoms with Gasteiger partial charge in [-0.2, -0.15) is 0 Å². The van der Waals surface area contributed by atoms with Crippen LogP contribution in [-0.4, -0.2) is 30.8 Å². The molecule has 3 rings (SSSR count). The van der Waals surface area contributed by atoms with Gasteiger partial charge in [0.1, 0.15) is 17.4 Å². The molecule has 7 heteroatoms. The lowest BCUT2D eigenvalue weighted by atomic mass is 10.1. The molecule has 1 saturated heterocycles. The lowest BCUT2D eigenvalue weighted by Gasteiger charge is -2.07. The second-order valence-electron chi connectivity index (χ2n) is 5.57. The van der Waals surface area contributed by atoms with Crippen LogP contribution < -0.4 is 5.32 Å². The van der Waals surface area contributed by atoms with Gasteiger partial charge in [-0.3, -0.25) is 4.79 Å². The Kier molecular flexibility index (Phi) is 4.66. The van der Waals surface area contributed by atoms with Crippen molar-refractivity contribution in [2.24, 2.45) is 5.92 Å². The first-order valence-corrected chi connectivity index (χ1v) is 7.36. The van der Waals surface area contributed by atoms with Gasteiger partial charge in [0.05, 0.1) is 6.61 Å². The molecule has 1 aliphatic heterocycles. The van der Waals surface area contributed by atoms with E-state index in [1.807, 2.05) is 0 Å². The summed E-state index contributed by atoms with van der Waals surface area (Å²) in [5.41, 5.74) is 0.560. The molecule has 0 spiro atoms. The van der Waals surface area contributed by atoms with E-state index in [0.29, 0.717) is 30.4 Å². The molecule has 1 aliphatic rings. The Morgan fingerprint density at radius 1 is 1.26 bits per heavy atom. The van der Waals surface area contributed by atoms with Crippen molar-refractivity contribution in [2.75, 3.05) is 19.8 Å². The van der Waals surface area contributed by atoms with Crippen LogP contribution in [0.15, 0.2) is 28.8 Å². The van der Waals surface area contributed by atoms with Gasteiger partial charge in [0.25, 0.3) is 5.91 Å². The third kappa shape index (κ3) is 4.13. The fourth-order valence-corrected chi connectivity index (χ4v) is 2.49. The Bertz CT molecular complexity index is 676. The summed E-state index contributed by atoms with van der Waals surface area (Å²) in [4.78, 5) is 12.0. The van der Waals surface area contributed by atoms with E-state index in [4.69, 9.17) is 9.26 Å². The van der Waals surface area contributed by atoms with Crippen LogP contribution >= 0.6 is 0 Å². The topological polar surface area (TPSA) is 64.4 Å². The average Bonchev–Trinajstić information content (AvgIpc) is 3.15. The number of carbonyl (C=O) groups excluding carboxylic acids is 1. The molecule has 5 nitrogen and oxygen atoms in total. The fraction of sp³-hybridized carbons (Fsp3) is 0.375. The van der Waals surface area contributed by atoms with Crippen molar-refractivity contribution in [3.05, 3.63) is 52.9 Å². The first-order valence-electron chi connectivity index (χ1n) is 7.36. The number of amides is 1. The van der Waals surface area contributed by atoms with Gasteiger partial charge in [0, 0.05) is 37.6 Å². The van der Waals surface area contributed by atoms with Crippen LogP contribution in [0.25, 0.3) is 0 Å². The highest BCUT2D eigenvalue weighted by Gasteiger charge is 2.18. The van der Waals surface area contributed by atoms with Gasteiger partial charge in [-0.15, -0.1) is 0 Å². The molecule has 2 heterocycles. The summed E-state index contributed by atoms with van der Waals surface area (Å²) < 4.78 is 36.6. The van der Waals surface area contributed by atoms with E-state index in [1.165, 1.54) is 18.2 Å². The van der Waals surface area contributed by atoms with Gasteiger partial charge in [-0.25, -0.2) is 8.78 Å². The third-order valence-electron chi connectivity index (χ3n) is 3.67. The first kappa shape index (κ1) is 15.6. The molecular weight excluding hydrogens is 306 g/mol. The summed E-state index contributed by atoms with van der Waals surface area (Å²) in [6.45, 7) is 1.89. The van der Waals surface area contributed by atoms with Crippen molar-refractivity contribution in [3.63, 3.8) is 0 Å². The zero-order valence-corrected chi connectivity index (χ0v) is 12.4. The second kappa shape index (κ2) is 6.87. The molecule has 0 aliphatic carbocycles. The molecule has 2 aromatic rings. The number of halogens is 2. The van der Waals surface area contributed by atoms with Crippen molar-refractivity contribution in [1.82, 2.24) is 10.5 Å². The van der Waals surface area contributed by atoms with Gasteiger partial charge in [-0.1, -0.05) is 5.16 Å². The van der Waals surface area contributed by atoms with Gasteiger partial charge in [-0.05, 0) is 24.1 Å². The summed E-state index contributed by atoms with van der Waals surface area (Å²) in [6, 6.07) is 4.70. The number of rotatable bonds is 5. The van der Waals surface area contributed by atoms with Crippen LogP contribution in [0, 0.1) is 17.6 Å². The quantitative estimate of drug-likeness (QED) is 0.917. The molecule has 1 aromatic carbocycles. The van der Waals surface area contributed by atoms with Crippen LogP contribution in [0.4, 0.5) is 8.78 Å². The molecule has 0 radical (unpaired) electrons. The number of ether oxygens (including phenoxy) is 1. The highest BCUT2D eigenvalue weighted by molar-refractivity contribution is 5.92. The molecule has 23 heavy (non-hydrogen) atoms. The Labute approximate surface area is 131 Å². The van der Waals surface area contributed by atoms with Crippen molar-refractivity contribution >= 4 is 5.91 Å². The predicted octanol–water partition coefficient (Wildman–Crippen LogP) is 2.31. The second-order valence-corrected chi connectivity index (χ2v) is 5.57. The number of benzene rings is 1. The monoisotopic (exact) mass is 322 g/mol. The molecule has 1 atom stereocenters. The fourth-order valence-electron chi connectivity index (χ4n) is 2.49. The zero-order chi connectivity index (χ0) is 16.2. The summed E-state index contributed by atoms with van der Waals surface area (Å²) in [5, 5.41) is 6.47. The molecular formula is C16H16F2N2O3. The number of aromatic nitrogens is 1. The SMILES string of the molecule is O=C(NCC1CCOC1)c1cc(Cc2cc(F)cc(F)c2)on1. The van der Waals surface area contributed by atoms with E-state index in [1.54, 1.807) is 0 Å². The summed E-state index contributed by atoms with van der Waals surface area (Å²) >= 11 is 0. The maximum absolute atomic E-state index is 13.2. The summed E-state index contributed by atoms with van der Waals surface area (Å²) in [5.74, 6) is -0.963. The maximum Gasteiger partial charge on any atom is 0.273 e. The van der Waals surface area contributed by atoms with Crippen molar-refractivity contribution in [1.29, 1.82) is 0 Å². The highest BCUT2D eigenvalue weighted by atomic mass is 19.1. The normalized spacial score (nSPS) is 17.4. The molecule has 1 fully saturated rings. The molecule has 1 aromatic heterocycles. The molecule has 1 N–H and O–H groups in total. The van der Waals surface area contributed by atoms with E-state index >= 15 is 0 Å². The largest absolute Gasteiger partial charge is 0.381 e. The van der Waals surface area contributed by atoms with E-state index in [2.05, 4.69) is 10.5 Å². The molecule has 0 saturated carbocycles. The first-order chi connectivity index (χ1) is 11.1. The summed E-state index contributed by atoms with van der Waals surface area (Å²) in [6.07, 6.45) is 1.08. The zero-order valence-electron chi connectivity index (χ0n) is 12.4. The molecule has 1 amide bonds. The molecule has 0 bridgehead atoms. The number of hydrogen-bond donors (Lipinski definition) is 1. The number of hydrogen-bond acceptors (Lipinski definition) is 4. The number of nitrogens with zero attached hydrogens (tertiary/aromatic N) is 1. The van der Waals surface area contributed by atoms with E-state index in [9.17, 15) is 13.6 Å². The van der Waals surface area contributed by atoms with Gasteiger partial charge < -0.3 is 14.6 Å². The van der Waals surface area contributed by atoms with E-state index < -0.39 is 11.6 Å². The van der Waals surface area contributed by atoms with Gasteiger partial charge >= 0.3 is 0 Å². The van der Waals surface area contributed by atoms with Crippen molar-refractivity contribution < 1.29 is 22.8 Å². The van der Waals surface area contributed by atoms with Crippen LogP contribution in [0.1, 0.15) is 28.2 Å². The standard InChI is InChI=1S/C16H16F2N2O3/c17-12-3-11(4-13(18)6-12)5-14-7-15(20-23-14)16(21)19-8-10-1-2-22-9-10/h3-4,6-7,10H,1-2,5,8-9H2,(H,19,21). The Hall–Kier alpha value is -2.28. The van der Waals surface area contributed by atoms with Crippen molar-refractivity contribution in [3.8, 4) is 0 Å². The lowest BCUT2D eigenvalue weighted by molar-refractivity contribution is 0.0936. The minimum Gasteiger partial charge on any atom is -0.381 e. The van der Waals surface area contributed by atoms with Gasteiger partial charge in [0.2, 0.25) is 0 Å². The lowest BCUT2D eigenvalue weighted by Crippen LogP contribution is -2.29. The third-order valence-corrected chi connectivity index (χ3v) is 3.67. The smallest absolute Gasteiger partial charge is 0.273 e. The minimum atomic E-state index is -0.656. The Balaban J connectivity index is 1.59. The van der Waals surface area contributed by atoms with Crippen LogP contribution in [0.3, 0.4) is 0 Å². The average molecular weight is 322 g/mol. The Morgan fingerprint density at radius 3 is 2.74 bits per heavy atom. The van der Waals surface area contributed by atoms with Crippen LogP contribution in [0.2, 0.25) is 0 Å². The van der Waals surface area contributed by atoms with E-state index in [0.717, 1.165) is 19.1 Å². The van der Waals surface area contributed by atoms with Crippen LogP contribution in [-0.2, 0) is 11.2 Å². The number of nitrogens with one attached hydrogen (secondary N) is 1. The van der Waals surface area contributed by atoms with E-state index in [-0.39, 0.29) is 18.0 Å². The Morgan fingerprint density at radius 2 is 2.04 bits per heavy atom. The summed E-state index contributed by atoms with van der Waals surface area (Å²) in [7, 11) is 0. The maximum atomic E-state index is 13.2. The molecule has 122 valence electrons. The van der Waals surface area contributed by atoms with Crippen molar-refractivity contribution in [2.45, 2.75) is 12.8 Å². The van der Waals surface area contributed by atoms with Crippen LogP contribution in [0.5, 0.6) is 0 Å². The predicted molar refractivity (Wildman–Crippen MR) is 76.9 cm³/mol. The molecule has 1 unspecified atom stereocenters. The minimum absolute atomic E-state index is 0.149.